The van der Waals surface area contributed by atoms with Crippen LogP contribution in [0.3, 0.4) is 0 Å². The molecule has 8 nitrogen and oxygen atoms in total. The van der Waals surface area contributed by atoms with Crippen LogP contribution in [0.15, 0.2) is 54.9 Å². The molecule has 0 fully saturated rings. The van der Waals surface area contributed by atoms with Crippen LogP contribution in [0.5, 0.6) is 0 Å². The highest BCUT2D eigenvalue weighted by Gasteiger charge is 2.40. The Morgan fingerprint density at radius 1 is 1.08 bits per heavy atom. The van der Waals surface area contributed by atoms with Crippen molar-refractivity contribution in [1.29, 1.82) is 0 Å². The monoisotopic (exact) mass is 508 g/mol. The summed E-state index contributed by atoms with van der Waals surface area (Å²) < 4.78 is 42.7. The van der Waals surface area contributed by atoms with Crippen LogP contribution in [0.25, 0.3) is 22.5 Å². The molecule has 190 valence electrons. The lowest BCUT2D eigenvalue weighted by atomic mass is 9.97. The van der Waals surface area contributed by atoms with Crippen LogP contribution in [0.2, 0.25) is 0 Å². The Hall–Kier alpha value is -4.25. The number of alkyl halides is 3. The van der Waals surface area contributed by atoms with Crippen LogP contribution in [-0.2, 0) is 26.4 Å². The van der Waals surface area contributed by atoms with Gasteiger partial charge >= 0.3 is 6.18 Å². The van der Waals surface area contributed by atoms with Crippen LogP contribution in [-0.4, -0.2) is 37.3 Å². The average Bonchev–Trinajstić information content (AvgIpc) is 3.46. The molecule has 5 rings (SSSR count). The highest BCUT2D eigenvalue weighted by atomic mass is 19.4. The van der Waals surface area contributed by atoms with E-state index in [1.54, 1.807) is 42.2 Å². The molecule has 0 saturated carbocycles. The minimum atomic E-state index is -4.58. The lowest BCUT2D eigenvalue weighted by Crippen LogP contribution is -2.24. The van der Waals surface area contributed by atoms with Gasteiger partial charge in [0, 0.05) is 24.7 Å². The number of aliphatic hydroxyl groups excluding tert-OH is 1. The molecule has 2 aromatic heterocycles. The molecular formula is C26H23F3N6O2. The molecule has 1 aliphatic heterocycles. The number of anilines is 2. The Kier molecular flexibility index (Phi) is 6.16. The summed E-state index contributed by atoms with van der Waals surface area (Å²) in [5.41, 5.74) is 1.89. The Balaban J connectivity index is 1.65. The second-order valence-corrected chi connectivity index (χ2v) is 8.65. The van der Waals surface area contributed by atoms with E-state index in [2.05, 4.69) is 20.5 Å². The van der Waals surface area contributed by atoms with E-state index in [0.717, 1.165) is 11.6 Å². The first-order valence-electron chi connectivity index (χ1n) is 11.6. The SMILES string of the molecule is CCNc1cc(-c2ccc(CO)cc2-c2nncn2C)cc(N2Cc3c(cccc3C(F)(F)F)C2=O)n1. The van der Waals surface area contributed by atoms with E-state index in [9.17, 15) is 23.1 Å². The van der Waals surface area contributed by atoms with Crippen molar-refractivity contribution in [2.24, 2.45) is 7.05 Å². The van der Waals surface area contributed by atoms with E-state index in [0.29, 0.717) is 34.9 Å². The van der Waals surface area contributed by atoms with E-state index in [-0.39, 0.29) is 30.1 Å². The molecule has 11 heteroatoms. The molecule has 0 spiro atoms. The van der Waals surface area contributed by atoms with Gasteiger partial charge in [0.2, 0.25) is 0 Å². The molecular weight excluding hydrogens is 485 g/mol. The van der Waals surface area contributed by atoms with Gasteiger partial charge in [-0.15, -0.1) is 10.2 Å². The molecule has 0 atom stereocenters. The third-order valence-electron chi connectivity index (χ3n) is 6.25. The minimum Gasteiger partial charge on any atom is -0.392 e. The van der Waals surface area contributed by atoms with Crippen molar-refractivity contribution < 1.29 is 23.1 Å². The van der Waals surface area contributed by atoms with Gasteiger partial charge in [0.05, 0.1) is 18.7 Å². The third-order valence-corrected chi connectivity index (χ3v) is 6.25. The summed E-state index contributed by atoms with van der Waals surface area (Å²) in [7, 11) is 1.80. The zero-order valence-electron chi connectivity index (χ0n) is 20.0. The molecule has 2 N–H and O–H groups in total. The zero-order valence-corrected chi connectivity index (χ0v) is 20.0. The van der Waals surface area contributed by atoms with Crippen molar-refractivity contribution in [3.05, 3.63) is 77.1 Å². The number of nitrogens with zero attached hydrogens (tertiary/aromatic N) is 5. The minimum absolute atomic E-state index is 0.0131. The van der Waals surface area contributed by atoms with Crippen molar-refractivity contribution in [1.82, 2.24) is 19.7 Å². The maximum atomic E-state index is 13.6. The number of aliphatic hydroxyl groups is 1. The number of halogens is 3. The smallest absolute Gasteiger partial charge is 0.392 e. The topological polar surface area (TPSA) is 96.2 Å². The summed E-state index contributed by atoms with van der Waals surface area (Å²) in [6, 6.07) is 12.5. The Morgan fingerprint density at radius 2 is 1.89 bits per heavy atom. The van der Waals surface area contributed by atoms with Crippen molar-refractivity contribution in [3.8, 4) is 22.5 Å². The van der Waals surface area contributed by atoms with Crippen molar-refractivity contribution >= 4 is 17.5 Å². The number of benzene rings is 2. The Morgan fingerprint density at radius 3 is 2.57 bits per heavy atom. The second kappa shape index (κ2) is 9.32. The first-order valence-corrected chi connectivity index (χ1v) is 11.6. The number of rotatable bonds is 6. The van der Waals surface area contributed by atoms with Crippen molar-refractivity contribution in [2.75, 3.05) is 16.8 Å². The first kappa shape index (κ1) is 24.4. The third kappa shape index (κ3) is 4.42. The number of nitrogens with one attached hydrogen (secondary N) is 1. The van der Waals surface area contributed by atoms with Crippen molar-refractivity contribution in [2.45, 2.75) is 26.3 Å². The molecule has 37 heavy (non-hydrogen) atoms. The van der Waals surface area contributed by atoms with Crippen LogP contribution in [0, 0.1) is 0 Å². The van der Waals surface area contributed by atoms with E-state index in [4.69, 9.17) is 0 Å². The fourth-order valence-electron chi connectivity index (χ4n) is 4.52. The van der Waals surface area contributed by atoms with E-state index in [1.165, 1.54) is 17.0 Å². The molecule has 0 bridgehead atoms. The predicted molar refractivity (Wildman–Crippen MR) is 132 cm³/mol. The van der Waals surface area contributed by atoms with Gasteiger partial charge in [-0.3, -0.25) is 9.69 Å². The van der Waals surface area contributed by atoms with Gasteiger partial charge < -0.3 is 15.0 Å². The maximum absolute atomic E-state index is 13.6. The highest BCUT2D eigenvalue weighted by molar-refractivity contribution is 6.10. The number of aryl methyl sites for hydroxylation is 1. The number of pyridine rings is 1. The largest absolute Gasteiger partial charge is 0.416 e. The molecule has 3 heterocycles. The summed E-state index contributed by atoms with van der Waals surface area (Å²) in [6.45, 7) is 2.02. The van der Waals surface area contributed by atoms with Gasteiger partial charge in [-0.1, -0.05) is 18.2 Å². The fraction of sp³-hybridized carbons (Fsp3) is 0.231. The summed E-state index contributed by atoms with van der Waals surface area (Å²) in [4.78, 5) is 19.0. The standard InChI is InChI=1S/C26H23F3N6O2/c1-3-30-22-10-16(17-8-7-15(13-36)9-19(17)24-33-31-14-34(24)2)11-23(32-22)35-12-20-18(25(35)37)5-4-6-21(20)26(27,28)29/h4-11,14,36H,3,12-13H2,1-2H3,(H,30,32). The summed E-state index contributed by atoms with van der Waals surface area (Å²) >= 11 is 0. The summed E-state index contributed by atoms with van der Waals surface area (Å²) in [5.74, 6) is 0.702. The number of amides is 1. The Bertz CT molecular complexity index is 1500. The number of carbonyl (C=O) groups is 1. The lowest BCUT2D eigenvalue weighted by Gasteiger charge is -2.19. The van der Waals surface area contributed by atoms with Crippen molar-refractivity contribution in [3.63, 3.8) is 0 Å². The van der Waals surface area contributed by atoms with Gasteiger partial charge in [0.15, 0.2) is 5.82 Å². The molecule has 0 radical (unpaired) electrons. The van der Waals surface area contributed by atoms with Gasteiger partial charge in [0.25, 0.3) is 5.91 Å². The predicted octanol–water partition coefficient (Wildman–Crippen LogP) is 4.65. The van der Waals surface area contributed by atoms with Gasteiger partial charge in [-0.25, -0.2) is 4.98 Å². The maximum Gasteiger partial charge on any atom is 0.416 e. The summed E-state index contributed by atoms with van der Waals surface area (Å²) in [5, 5.41) is 21.0. The van der Waals surface area contributed by atoms with Gasteiger partial charge in [0.1, 0.15) is 18.0 Å². The quantitative estimate of drug-likeness (QED) is 0.394. The van der Waals surface area contributed by atoms with E-state index < -0.39 is 17.6 Å². The van der Waals surface area contributed by atoms with Crippen LogP contribution in [0.1, 0.15) is 34.0 Å². The van der Waals surface area contributed by atoms with Gasteiger partial charge in [-0.2, -0.15) is 13.2 Å². The molecule has 0 saturated heterocycles. The van der Waals surface area contributed by atoms with Crippen LogP contribution in [0.4, 0.5) is 24.8 Å². The number of aromatic nitrogens is 4. The molecule has 2 aromatic carbocycles. The Labute approximate surface area is 210 Å². The molecule has 0 unspecified atom stereocenters. The fourth-order valence-corrected chi connectivity index (χ4v) is 4.52. The molecule has 0 aliphatic carbocycles. The number of hydrogen-bond donors (Lipinski definition) is 2. The van der Waals surface area contributed by atoms with E-state index >= 15 is 0 Å². The van der Waals surface area contributed by atoms with Crippen LogP contribution >= 0.6 is 0 Å². The summed E-state index contributed by atoms with van der Waals surface area (Å²) in [6.07, 6.45) is -3.02. The van der Waals surface area contributed by atoms with Gasteiger partial charge in [-0.05, 0) is 59.5 Å². The molecule has 1 aliphatic rings. The van der Waals surface area contributed by atoms with Crippen LogP contribution < -0.4 is 10.2 Å². The highest BCUT2D eigenvalue weighted by Crippen LogP contribution is 2.40. The number of fused-ring (bicyclic) bond motifs is 1. The zero-order chi connectivity index (χ0) is 26.3. The average molecular weight is 509 g/mol. The molecule has 1 amide bonds. The first-order chi connectivity index (χ1) is 17.7. The number of carbonyl (C=O) groups excluding carboxylic acids is 1. The number of hydrogen-bond acceptors (Lipinski definition) is 6. The molecule has 4 aromatic rings. The lowest BCUT2D eigenvalue weighted by molar-refractivity contribution is -0.138. The second-order valence-electron chi connectivity index (χ2n) is 8.65. The normalized spacial score (nSPS) is 13.2. The van der Waals surface area contributed by atoms with E-state index in [1.807, 2.05) is 13.0 Å².